The van der Waals surface area contributed by atoms with Crippen molar-refractivity contribution in [2.75, 3.05) is 17.7 Å². The van der Waals surface area contributed by atoms with Gasteiger partial charge in [-0.15, -0.1) is 21.5 Å². The van der Waals surface area contributed by atoms with Crippen molar-refractivity contribution in [2.45, 2.75) is 51.1 Å². The summed E-state index contributed by atoms with van der Waals surface area (Å²) in [5.41, 5.74) is 2.76. The zero-order valence-electron chi connectivity index (χ0n) is 20.1. The lowest BCUT2D eigenvalue weighted by Gasteiger charge is -2.17. The molecule has 1 unspecified atom stereocenters. The van der Waals surface area contributed by atoms with E-state index in [9.17, 15) is 10.1 Å². The summed E-state index contributed by atoms with van der Waals surface area (Å²) in [6.45, 7) is 4.76. The molecule has 10 heteroatoms. The van der Waals surface area contributed by atoms with Crippen molar-refractivity contribution in [1.29, 1.82) is 5.26 Å². The molecule has 2 heterocycles. The van der Waals surface area contributed by atoms with Crippen LogP contribution in [0.3, 0.4) is 0 Å². The van der Waals surface area contributed by atoms with Crippen molar-refractivity contribution in [3.63, 3.8) is 0 Å². The molecule has 1 aromatic carbocycles. The lowest BCUT2D eigenvalue weighted by Crippen LogP contribution is -2.14. The van der Waals surface area contributed by atoms with E-state index in [0.29, 0.717) is 39.7 Å². The first-order chi connectivity index (χ1) is 16.9. The van der Waals surface area contributed by atoms with Crippen LogP contribution in [0.5, 0.6) is 5.75 Å². The van der Waals surface area contributed by atoms with Gasteiger partial charge in [0, 0.05) is 23.4 Å². The molecule has 0 aliphatic heterocycles. The molecule has 0 bridgehead atoms. The maximum absolute atomic E-state index is 12.6. The smallest absolute Gasteiger partial charge is 0.235 e. The van der Waals surface area contributed by atoms with Crippen molar-refractivity contribution in [3.05, 3.63) is 50.6 Å². The number of rotatable bonds is 9. The summed E-state index contributed by atoms with van der Waals surface area (Å²) in [4.78, 5) is 13.9. The van der Waals surface area contributed by atoms with Gasteiger partial charge in [-0.1, -0.05) is 30.3 Å². The molecule has 0 saturated heterocycles. The van der Waals surface area contributed by atoms with Crippen LogP contribution in [0.15, 0.2) is 23.4 Å². The van der Waals surface area contributed by atoms with E-state index in [1.54, 1.807) is 11.3 Å². The zero-order valence-corrected chi connectivity index (χ0v) is 22.4. The third kappa shape index (κ3) is 6.18. The number of nitrogens with zero attached hydrogens (tertiary/aromatic N) is 4. The SMILES string of the molecule is Cc1cc(Cl)ccc1OCCCc1nnc(SCC(=O)Nc2sc3c(c2C#N)CCC(C)C3)n1C. The third-order valence-corrected chi connectivity index (χ3v) is 8.50. The van der Waals surface area contributed by atoms with Crippen molar-refractivity contribution in [1.82, 2.24) is 14.8 Å². The van der Waals surface area contributed by atoms with Crippen LogP contribution in [0.1, 0.15) is 47.2 Å². The van der Waals surface area contributed by atoms with Crippen LogP contribution in [-0.2, 0) is 31.1 Å². The predicted molar refractivity (Wildman–Crippen MR) is 141 cm³/mol. The summed E-state index contributed by atoms with van der Waals surface area (Å²) in [7, 11) is 1.90. The highest BCUT2D eigenvalue weighted by Crippen LogP contribution is 2.39. The molecule has 7 nitrogen and oxygen atoms in total. The second-order valence-electron chi connectivity index (χ2n) is 8.82. The summed E-state index contributed by atoms with van der Waals surface area (Å²) < 4.78 is 7.77. The summed E-state index contributed by atoms with van der Waals surface area (Å²) >= 11 is 8.87. The molecule has 1 atom stereocenters. The average molecular weight is 530 g/mol. The van der Waals surface area contributed by atoms with Gasteiger partial charge in [0.1, 0.15) is 22.6 Å². The summed E-state index contributed by atoms with van der Waals surface area (Å²) in [6.07, 6.45) is 4.48. The van der Waals surface area contributed by atoms with Crippen LogP contribution in [0.4, 0.5) is 5.00 Å². The number of carbonyl (C=O) groups excluding carboxylic acids is 1. The minimum Gasteiger partial charge on any atom is -0.493 e. The molecule has 2 aromatic heterocycles. The van der Waals surface area contributed by atoms with Gasteiger partial charge in [0.2, 0.25) is 5.91 Å². The number of ether oxygens (including phenoxy) is 1. The molecule has 0 saturated carbocycles. The molecule has 184 valence electrons. The van der Waals surface area contributed by atoms with Crippen LogP contribution in [0, 0.1) is 24.2 Å². The van der Waals surface area contributed by atoms with Gasteiger partial charge in [-0.25, -0.2) is 0 Å². The minimum absolute atomic E-state index is 0.144. The number of nitrogens with one attached hydrogen (secondary N) is 1. The molecule has 1 N–H and O–H groups in total. The number of thioether (sulfide) groups is 1. The Balaban J connectivity index is 1.27. The van der Waals surface area contributed by atoms with E-state index in [2.05, 4.69) is 28.5 Å². The highest BCUT2D eigenvalue weighted by atomic mass is 35.5. The number of amides is 1. The van der Waals surface area contributed by atoms with E-state index in [1.807, 2.05) is 36.7 Å². The van der Waals surface area contributed by atoms with Crippen molar-refractivity contribution >= 4 is 45.6 Å². The standard InChI is InChI=1S/C25H28ClN5O2S2/c1-15-6-8-18-19(13-27)24(35-21(18)11-15)28-23(32)14-34-25-30-29-22(31(25)3)5-4-10-33-20-9-7-17(26)12-16(20)2/h7,9,12,15H,4-6,8,10-11,14H2,1-3H3,(H,28,32). The second kappa shape index (κ2) is 11.5. The number of anilines is 1. The van der Waals surface area contributed by atoms with Gasteiger partial charge in [-0.05, 0) is 67.9 Å². The Bertz CT molecular complexity index is 1260. The van der Waals surface area contributed by atoms with Gasteiger partial charge in [-0.3, -0.25) is 4.79 Å². The maximum atomic E-state index is 12.6. The number of fused-ring (bicyclic) bond motifs is 1. The molecule has 1 aliphatic carbocycles. The summed E-state index contributed by atoms with van der Waals surface area (Å²) in [5.74, 6) is 2.35. The fourth-order valence-corrected chi connectivity index (χ4v) is 6.46. The summed E-state index contributed by atoms with van der Waals surface area (Å²) in [6, 6.07) is 7.88. The monoisotopic (exact) mass is 529 g/mol. The number of hydrogen-bond acceptors (Lipinski definition) is 7. The van der Waals surface area contributed by atoms with E-state index in [1.165, 1.54) is 16.6 Å². The predicted octanol–water partition coefficient (Wildman–Crippen LogP) is 5.58. The largest absolute Gasteiger partial charge is 0.493 e. The molecular weight excluding hydrogens is 502 g/mol. The topological polar surface area (TPSA) is 92.8 Å². The third-order valence-electron chi connectivity index (χ3n) is 6.07. The lowest BCUT2D eigenvalue weighted by atomic mass is 9.89. The van der Waals surface area contributed by atoms with Crippen LogP contribution in [-0.4, -0.2) is 33.0 Å². The molecule has 4 rings (SSSR count). The first-order valence-electron chi connectivity index (χ1n) is 11.6. The lowest BCUT2D eigenvalue weighted by molar-refractivity contribution is -0.113. The number of thiophene rings is 1. The van der Waals surface area contributed by atoms with E-state index >= 15 is 0 Å². The highest BCUT2D eigenvalue weighted by Gasteiger charge is 2.24. The normalized spacial score (nSPS) is 14.9. The number of halogens is 1. The molecule has 1 amide bonds. The second-order valence-corrected chi connectivity index (χ2v) is 11.3. The first kappa shape index (κ1) is 25.5. The molecule has 3 aromatic rings. The van der Waals surface area contributed by atoms with E-state index < -0.39 is 0 Å². The number of nitriles is 1. The Kier molecular flexibility index (Phi) is 8.37. The van der Waals surface area contributed by atoms with Gasteiger partial charge in [0.15, 0.2) is 5.16 Å². The number of carbonyl (C=O) groups is 1. The maximum Gasteiger partial charge on any atom is 0.235 e. The number of aromatic nitrogens is 3. The molecule has 35 heavy (non-hydrogen) atoms. The Hall–Kier alpha value is -2.54. The highest BCUT2D eigenvalue weighted by molar-refractivity contribution is 7.99. The Morgan fingerprint density at radius 1 is 1.43 bits per heavy atom. The number of hydrogen-bond donors (Lipinski definition) is 1. The fourth-order valence-electron chi connectivity index (χ4n) is 4.13. The van der Waals surface area contributed by atoms with Crippen molar-refractivity contribution in [3.8, 4) is 11.8 Å². The van der Waals surface area contributed by atoms with Gasteiger partial charge in [-0.2, -0.15) is 5.26 Å². The number of benzene rings is 1. The van der Waals surface area contributed by atoms with Gasteiger partial charge in [0.25, 0.3) is 0 Å². The average Bonchev–Trinajstić information content (AvgIpc) is 3.34. The molecule has 1 aliphatic rings. The van der Waals surface area contributed by atoms with Crippen LogP contribution < -0.4 is 10.1 Å². The Morgan fingerprint density at radius 3 is 3.03 bits per heavy atom. The Labute approximate surface area is 218 Å². The van der Waals surface area contributed by atoms with E-state index in [4.69, 9.17) is 16.3 Å². The van der Waals surface area contributed by atoms with E-state index in [-0.39, 0.29) is 11.7 Å². The van der Waals surface area contributed by atoms with Crippen molar-refractivity contribution in [2.24, 2.45) is 13.0 Å². The minimum atomic E-state index is -0.144. The molecule has 0 fully saturated rings. The number of aryl methyl sites for hydroxylation is 2. The summed E-state index contributed by atoms with van der Waals surface area (Å²) in [5, 5.41) is 23.2. The van der Waals surface area contributed by atoms with Crippen LogP contribution in [0.25, 0.3) is 0 Å². The van der Waals surface area contributed by atoms with Crippen LogP contribution in [0.2, 0.25) is 5.02 Å². The molecular formula is C25H28ClN5O2S2. The van der Waals surface area contributed by atoms with E-state index in [0.717, 1.165) is 48.4 Å². The van der Waals surface area contributed by atoms with Crippen molar-refractivity contribution < 1.29 is 9.53 Å². The first-order valence-corrected chi connectivity index (χ1v) is 13.8. The zero-order chi connectivity index (χ0) is 24.9. The Morgan fingerprint density at radius 2 is 2.26 bits per heavy atom. The van der Waals surface area contributed by atoms with Crippen LogP contribution >= 0.6 is 34.7 Å². The molecule has 0 spiro atoms. The fraction of sp³-hybridized carbons (Fsp3) is 0.440. The molecule has 0 radical (unpaired) electrons. The van der Waals surface area contributed by atoms with Gasteiger partial charge in [0.05, 0.1) is 17.9 Å². The van der Waals surface area contributed by atoms with Gasteiger partial charge >= 0.3 is 0 Å². The quantitative estimate of drug-likeness (QED) is 0.287. The van der Waals surface area contributed by atoms with Gasteiger partial charge < -0.3 is 14.6 Å².